The molecule has 0 bridgehead atoms. The van der Waals surface area contributed by atoms with Crippen LogP contribution < -0.4 is 11.2 Å². The van der Waals surface area contributed by atoms with Crippen LogP contribution in [0.15, 0.2) is 15.8 Å². The molecular weight excluding hydrogens is 358 g/mol. The molecule has 1 aromatic rings. The van der Waals surface area contributed by atoms with Gasteiger partial charge in [-0.2, -0.15) is 5.06 Å². The molecule has 0 aliphatic carbocycles. The Hall–Kier alpha value is -1.45. The van der Waals surface area contributed by atoms with E-state index in [9.17, 15) is 14.4 Å². The first-order valence-electron chi connectivity index (χ1n) is 6.83. The number of carbonyl (C=O) groups excluding carboxylic acids is 1. The molecule has 2 rings (SSSR count). The number of carbonyl (C=O) groups is 1. The van der Waals surface area contributed by atoms with Gasteiger partial charge in [0.1, 0.15) is 6.04 Å². The Labute approximate surface area is 135 Å². The van der Waals surface area contributed by atoms with Crippen LogP contribution >= 0.6 is 15.9 Å². The van der Waals surface area contributed by atoms with Gasteiger partial charge in [-0.1, -0.05) is 0 Å². The summed E-state index contributed by atoms with van der Waals surface area (Å²) < 4.78 is 5.42. The van der Waals surface area contributed by atoms with Gasteiger partial charge in [-0.3, -0.25) is 24.0 Å². The fourth-order valence-corrected chi connectivity index (χ4v) is 3.14. The second kappa shape index (κ2) is 6.35. The summed E-state index contributed by atoms with van der Waals surface area (Å²) in [6, 6.07) is -0.557. The smallest absolute Gasteiger partial charge is 0.328 e. The normalized spacial score (nSPS) is 25.4. The monoisotopic (exact) mass is 375 g/mol. The molecule has 0 amide bonds. The SMILES string of the molecule is CCOC(=O)[C@H]1C[C@](Br)(Cn2cc(C)c(=O)[nH]c2=O)ON1C. The van der Waals surface area contributed by atoms with E-state index in [0.29, 0.717) is 12.0 Å². The number of esters is 1. The van der Waals surface area contributed by atoms with Crippen LogP contribution in [-0.2, 0) is 20.9 Å². The van der Waals surface area contributed by atoms with Gasteiger partial charge in [-0.15, -0.1) is 0 Å². The van der Waals surface area contributed by atoms with Crippen LogP contribution in [0.25, 0.3) is 0 Å². The summed E-state index contributed by atoms with van der Waals surface area (Å²) in [4.78, 5) is 43.0. The molecule has 0 aromatic carbocycles. The Morgan fingerprint density at radius 3 is 2.91 bits per heavy atom. The molecule has 22 heavy (non-hydrogen) atoms. The number of aromatic amines is 1. The number of likely N-dealkylation sites (N-methyl/N-ethyl adjacent to an activating group) is 1. The number of ether oxygens (including phenoxy) is 1. The largest absolute Gasteiger partial charge is 0.465 e. The Morgan fingerprint density at radius 2 is 2.27 bits per heavy atom. The van der Waals surface area contributed by atoms with Crippen molar-refractivity contribution >= 4 is 21.9 Å². The van der Waals surface area contributed by atoms with Crippen molar-refractivity contribution in [3.05, 3.63) is 32.6 Å². The van der Waals surface area contributed by atoms with E-state index >= 15 is 0 Å². The average molecular weight is 376 g/mol. The fraction of sp³-hybridized carbons (Fsp3) is 0.615. The number of nitrogens with zero attached hydrogens (tertiary/aromatic N) is 2. The van der Waals surface area contributed by atoms with Crippen molar-refractivity contribution in [2.24, 2.45) is 0 Å². The number of H-pyrrole nitrogens is 1. The number of halogens is 1. The van der Waals surface area contributed by atoms with Crippen LogP contribution in [0.1, 0.15) is 18.9 Å². The molecule has 1 fully saturated rings. The van der Waals surface area contributed by atoms with Crippen LogP contribution in [0, 0.1) is 6.92 Å². The molecule has 9 heteroatoms. The molecule has 1 aliphatic heterocycles. The standard InChI is InChI=1S/C13H18BrN3O5/c1-4-21-11(19)9-5-13(14,22-16(9)3)7-17-6-8(2)10(18)15-12(17)20/h6,9H,4-5,7H2,1-3H3,(H,15,18,20)/t9-,13-/m1/s1. The van der Waals surface area contributed by atoms with Gasteiger partial charge in [0.05, 0.1) is 13.2 Å². The minimum atomic E-state index is -0.923. The highest BCUT2D eigenvalue weighted by atomic mass is 79.9. The molecular formula is C13H18BrN3O5. The van der Waals surface area contributed by atoms with E-state index in [4.69, 9.17) is 9.57 Å². The summed E-state index contributed by atoms with van der Waals surface area (Å²) in [6.07, 6.45) is 1.78. The number of rotatable bonds is 4. The van der Waals surface area contributed by atoms with Crippen LogP contribution in [0.3, 0.4) is 0 Å². The number of aromatic nitrogens is 2. The molecule has 1 aromatic heterocycles. The van der Waals surface area contributed by atoms with Crippen molar-refractivity contribution in [2.75, 3.05) is 13.7 Å². The summed E-state index contributed by atoms with van der Waals surface area (Å²) in [5.41, 5.74) is -0.525. The zero-order chi connectivity index (χ0) is 16.5. The van der Waals surface area contributed by atoms with Crippen molar-refractivity contribution in [3.63, 3.8) is 0 Å². The molecule has 1 N–H and O–H groups in total. The maximum absolute atomic E-state index is 11.9. The van der Waals surface area contributed by atoms with E-state index in [0.717, 1.165) is 0 Å². The van der Waals surface area contributed by atoms with Crippen molar-refractivity contribution in [2.45, 2.75) is 37.4 Å². The summed E-state index contributed by atoms with van der Waals surface area (Å²) in [5, 5.41) is 1.41. The summed E-state index contributed by atoms with van der Waals surface area (Å²) in [6.45, 7) is 3.78. The van der Waals surface area contributed by atoms with Crippen molar-refractivity contribution in [3.8, 4) is 0 Å². The maximum Gasteiger partial charge on any atom is 0.328 e. The number of hydrogen-bond acceptors (Lipinski definition) is 6. The first-order chi connectivity index (χ1) is 10.3. The van der Waals surface area contributed by atoms with E-state index in [2.05, 4.69) is 20.9 Å². The Kier molecular flexibility index (Phi) is 4.88. The molecule has 122 valence electrons. The lowest BCUT2D eigenvalue weighted by molar-refractivity contribution is -0.177. The van der Waals surface area contributed by atoms with Crippen LogP contribution in [0.2, 0.25) is 0 Å². The average Bonchev–Trinajstić information content (AvgIpc) is 2.72. The maximum atomic E-state index is 11.9. The van der Waals surface area contributed by atoms with Gasteiger partial charge in [-0.25, -0.2) is 4.79 Å². The predicted octanol–water partition coefficient (Wildman–Crippen LogP) is 0.135. The van der Waals surface area contributed by atoms with E-state index in [1.54, 1.807) is 20.9 Å². The number of hydroxylamine groups is 2. The highest BCUT2D eigenvalue weighted by Gasteiger charge is 2.46. The Morgan fingerprint density at radius 1 is 1.59 bits per heavy atom. The van der Waals surface area contributed by atoms with Crippen LogP contribution in [0.4, 0.5) is 0 Å². The molecule has 2 heterocycles. The van der Waals surface area contributed by atoms with Gasteiger partial charge in [0.2, 0.25) is 0 Å². The number of alkyl halides is 1. The molecule has 1 aliphatic rings. The lowest BCUT2D eigenvalue weighted by Gasteiger charge is -2.22. The first kappa shape index (κ1) is 16.9. The quantitative estimate of drug-likeness (QED) is 0.594. The Balaban J connectivity index is 2.20. The first-order valence-corrected chi connectivity index (χ1v) is 7.63. The number of nitrogens with one attached hydrogen (secondary N) is 1. The van der Waals surface area contributed by atoms with E-state index in [-0.39, 0.29) is 19.1 Å². The fourth-order valence-electron chi connectivity index (χ4n) is 2.33. The van der Waals surface area contributed by atoms with E-state index in [1.807, 2.05) is 0 Å². The summed E-state index contributed by atoms with van der Waals surface area (Å²) >= 11 is 3.44. The third kappa shape index (κ3) is 3.47. The van der Waals surface area contributed by atoms with Crippen LogP contribution in [-0.4, -0.2) is 44.8 Å². The number of hydrogen-bond donors (Lipinski definition) is 1. The lowest BCUT2D eigenvalue weighted by atomic mass is 10.1. The molecule has 0 radical (unpaired) electrons. The van der Waals surface area contributed by atoms with Crippen molar-refractivity contribution in [1.29, 1.82) is 0 Å². The van der Waals surface area contributed by atoms with Gasteiger partial charge >= 0.3 is 11.7 Å². The summed E-state index contributed by atoms with van der Waals surface area (Å²) in [5.74, 6) is -0.378. The zero-order valence-corrected chi connectivity index (χ0v) is 14.2. The van der Waals surface area contributed by atoms with Crippen molar-refractivity contribution < 1.29 is 14.4 Å². The topological polar surface area (TPSA) is 93.6 Å². The predicted molar refractivity (Wildman–Crippen MR) is 81.6 cm³/mol. The van der Waals surface area contributed by atoms with Crippen LogP contribution in [0.5, 0.6) is 0 Å². The van der Waals surface area contributed by atoms with Gasteiger partial charge < -0.3 is 4.74 Å². The van der Waals surface area contributed by atoms with Crippen molar-refractivity contribution in [1.82, 2.24) is 14.6 Å². The lowest BCUT2D eigenvalue weighted by Crippen LogP contribution is -2.37. The molecule has 0 spiro atoms. The molecule has 8 nitrogen and oxygen atoms in total. The molecule has 2 atom stereocenters. The molecule has 0 unspecified atom stereocenters. The second-order valence-electron chi connectivity index (χ2n) is 5.19. The van der Waals surface area contributed by atoms with Gasteiger partial charge in [0.15, 0.2) is 4.51 Å². The Bertz CT molecular complexity index is 685. The highest BCUT2D eigenvalue weighted by Crippen LogP contribution is 2.37. The summed E-state index contributed by atoms with van der Waals surface area (Å²) in [7, 11) is 1.63. The third-order valence-electron chi connectivity index (χ3n) is 3.40. The second-order valence-corrected chi connectivity index (χ2v) is 6.64. The minimum Gasteiger partial charge on any atom is -0.465 e. The van der Waals surface area contributed by atoms with Gasteiger partial charge in [0, 0.05) is 25.2 Å². The minimum absolute atomic E-state index is 0.143. The van der Waals surface area contributed by atoms with E-state index in [1.165, 1.54) is 15.8 Å². The third-order valence-corrected chi connectivity index (χ3v) is 4.12. The molecule has 0 saturated carbocycles. The number of aryl methyl sites for hydroxylation is 1. The van der Waals surface area contributed by atoms with Gasteiger partial charge in [0.25, 0.3) is 5.56 Å². The van der Waals surface area contributed by atoms with Gasteiger partial charge in [-0.05, 0) is 29.8 Å². The van der Waals surface area contributed by atoms with E-state index < -0.39 is 21.8 Å². The highest BCUT2D eigenvalue weighted by molar-refractivity contribution is 9.10. The molecule has 1 saturated heterocycles. The zero-order valence-electron chi connectivity index (χ0n) is 12.6.